The predicted octanol–water partition coefficient (Wildman–Crippen LogP) is 8.94. The first-order valence-corrected chi connectivity index (χ1v) is 16.3. The molecular formula is C37H66O6W6-6. The summed E-state index contributed by atoms with van der Waals surface area (Å²) in [5, 5.41) is 0. The van der Waals surface area contributed by atoms with Gasteiger partial charge in [0.25, 0.3) is 0 Å². The van der Waals surface area contributed by atoms with Crippen molar-refractivity contribution in [2.24, 2.45) is 21.7 Å². The Morgan fingerprint density at radius 2 is 0.633 bits per heavy atom. The number of hydrogen-bond donors (Lipinski definition) is 0. The topological polar surface area (TPSA) is 55.4 Å². The van der Waals surface area contributed by atoms with Gasteiger partial charge in [0.05, 0.1) is 0 Å². The molecule has 2 rings (SSSR count). The fraction of sp³-hybridized carbons (Fsp3) is 0.838. The quantitative estimate of drug-likeness (QED) is 0.258. The van der Waals surface area contributed by atoms with Crippen molar-refractivity contribution in [2.75, 3.05) is 60.0 Å². The third-order valence-corrected chi connectivity index (χ3v) is 7.89. The monoisotopic (exact) mass is 1710 g/mol. The third kappa shape index (κ3) is 29.7. The average Bonchev–Trinajstić information content (AvgIpc) is 2.81. The molecule has 0 aromatic carbocycles. The van der Waals surface area contributed by atoms with E-state index in [1.165, 1.54) is 35.5 Å². The molecule has 49 heavy (non-hydrogen) atoms. The van der Waals surface area contributed by atoms with Crippen molar-refractivity contribution in [1.82, 2.24) is 0 Å². The van der Waals surface area contributed by atoms with E-state index >= 15 is 0 Å². The molecule has 2 bridgehead atoms. The van der Waals surface area contributed by atoms with Gasteiger partial charge in [-0.05, 0) is 0 Å². The Morgan fingerprint density at radius 1 is 0.367 bits per heavy atom. The molecule has 0 spiro atoms. The second-order valence-electron chi connectivity index (χ2n) is 17.3. The largest absolute Gasteiger partial charge is 0.387 e. The van der Waals surface area contributed by atoms with Crippen LogP contribution >= 0.6 is 0 Å². The SMILES string of the molecule is CC(C)(C)C[C-]1COCOC[C-](CC(C)(C)C)C[C-]2COCOC[C-](C1)C[C-](C(C)(C)C)COCOC[C-](C(C)(C)C)C2.[W].[W].[W].[W].[W].[W]. The Bertz CT molecular complexity index is 706. The van der Waals surface area contributed by atoms with Crippen molar-refractivity contribution >= 4 is 0 Å². The number of ether oxygens (including phenoxy) is 6. The number of fused-ring (bicyclic) bond motifs is 6. The summed E-state index contributed by atoms with van der Waals surface area (Å²) in [5.74, 6) is 8.08. The smallest absolute Gasteiger partial charge is 0.139 e. The van der Waals surface area contributed by atoms with Crippen molar-refractivity contribution in [3.63, 3.8) is 0 Å². The predicted molar refractivity (Wildman–Crippen MR) is 175 cm³/mol. The molecule has 0 radical (unpaired) electrons. The van der Waals surface area contributed by atoms with E-state index in [2.05, 4.69) is 83.1 Å². The van der Waals surface area contributed by atoms with Crippen molar-refractivity contribution in [1.29, 1.82) is 0 Å². The van der Waals surface area contributed by atoms with Crippen LogP contribution in [-0.4, -0.2) is 60.0 Å². The summed E-state index contributed by atoms with van der Waals surface area (Å²) in [6.45, 7) is 31.5. The van der Waals surface area contributed by atoms with Gasteiger partial charge in [0.2, 0.25) is 0 Å². The first-order chi connectivity index (χ1) is 19.8. The van der Waals surface area contributed by atoms with E-state index in [-0.39, 0.29) is 162 Å². The summed E-state index contributed by atoms with van der Waals surface area (Å²) in [7, 11) is 0. The first kappa shape index (κ1) is 62.1. The maximum absolute atomic E-state index is 6.24. The van der Waals surface area contributed by atoms with E-state index in [4.69, 9.17) is 28.4 Å². The van der Waals surface area contributed by atoms with Crippen LogP contribution in [0.2, 0.25) is 0 Å². The Balaban J connectivity index is -0.00000108. The molecule has 0 saturated carbocycles. The molecule has 0 amide bonds. The first-order valence-electron chi connectivity index (χ1n) is 16.3. The minimum atomic E-state index is -0.00740. The summed E-state index contributed by atoms with van der Waals surface area (Å²) in [5.41, 5.74) is 0.297. The summed E-state index contributed by atoms with van der Waals surface area (Å²) in [6.07, 6.45) is 5.36. The van der Waals surface area contributed by atoms with Gasteiger partial charge < -0.3 is 89.6 Å². The van der Waals surface area contributed by atoms with Gasteiger partial charge in [-0.3, -0.25) is 0 Å². The van der Waals surface area contributed by atoms with Crippen LogP contribution in [0, 0.1) is 57.2 Å². The van der Waals surface area contributed by atoms with Gasteiger partial charge in [0, 0.05) is 126 Å². The van der Waals surface area contributed by atoms with Crippen molar-refractivity contribution in [3.8, 4) is 0 Å². The minimum Gasteiger partial charge on any atom is -0.387 e. The fourth-order valence-electron chi connectivity index (χ4n) is 5.78. The van der Waals surface area contributed by atoms with E-state index in [1.807, 2.05) is 0 Å². The number of rotatable bonds is 2. The Hall–Kier alpha value is 3.89. The Morgan fingerprint density at radius 3 is 0.898 bits per heavy atom. The normalized spacial score (nSPS) is 21.1. The summed E-state index contributed by atoms with van der Waals surface area (Å²) >= 11 is 0. The van der Waals surface area contributed by atoms with Crippen LogP contribution in [0.15, 0.2) is 0 Å². The zero-order chi connectivity index (χ0) is 32.3. The average molecular weight is 1710 g/mol. The summed E-state index contributed by atoms with van der Waals surface area (Å²) in [6, 6.07) is 0. The van der Waals surface area contributed by atoms with Crippen LogP contribution in [0.4, 0.5) is 0 Å². The molecule has 0 aromatic heterocycles. The van der Waals surface area contributed by atoms with E-state index < -0.39 is 0 Å². The standard InChI is InChI=1S/C37H66O6.6W/c1-34(2,3)17-30-13-28-15-32(36(7,8)9)23-42-27-43-24-33(37(10,11)12)16-29(20-39-25-38-19-28)14-31(18-35(4,5)6)22-41-26-40-21-30;;;;;;/h13-27H2,1-12H3;;;;;;/q-6;;;;;;. The van der Waals surface area contributed by atoms with E-state index in [9.17, 15) is 0 Å². The van der Waals surface area contributed by atoms with Crippen LogP contribution < -0.4 is 0 Å². The molecule has 12 heteroatoms. The van der Waals surface area contributed by atoms with Crippen molar-refractivity contribution in [3.05, 3.63) is 35.5 Å². The second-order valence-corrected chi connectivity index (χ2v) is 17.3. The van der Waals surface area contributed by atoms with E-state index in [0.717, 1.165) is 38.5 Å². The molecule has 0 atom stereocenters. The molecule has 2 heterocycles. The molecule has 2 aliphatic heterocycles. The molecule has 0 N–H and O–H groups in total. The summed E-state index contributed by atoms with van der Waals surface area (Å²) < 4.78 is 37.2. The van der Waals surface area contributed by atoms with Crippen LogP contribution in [0.5, 0.6) is 0 Å². The molecule has 0 unspecified atom stereocenters. The molecule has 2 saturated heterocycles. The van der Waals surface area contributed by atoms with E-state index in [0.29, 0.717) is 46.4 Å². The molecule has 6 nitrogen and oxygen atoms in total. The zero-order valence-corrected chi connectivity index (χ0v) is 50.1. The maximum Gasteiger partial charge on any atom is 0.139 e. The maximum atomic E-state index is 6.24. The Labute approximate surface area is 389 Å². The van der Waals surface area contributed by atoms with Crippen molar-refractivity contribution < 1.29 is 155 Å². The van der Waals surface area contributed by atoms with Crippen molar-refractivity contribution in [2.45, 2.75) is 122 Å². The molecule has 0 aliphatic carbocycles. The third-order valence-electron chi connectivity index (χ3n) is 7.89. The van der Waals surface area contributed by atoms with Crippen LogP contribution in [0.25, 0.3) is 0 Å². The molecule has 2 fully saturated rings. The van der Waals surface area contributed by atoms with Gasteiger partial charge in [-0.2, -0.15) is 23.7 Å². The number of hydrogen-bond acceptors (Lipinski definition) is 6. The fourth-order valence-corrected chi connectivity index (χ4v) is 5.78. The molecular weight excluding hydrogens is 1640 g/mol. The minimum absolute atomic E-state index is 0. The van der Waals surface area contributed by atoms with Gasteiger partial charge >= 0.3 is 0 Å². The van der Waals surface area contributed by atoms with E-state index in [1.54, 1.807) is 0 Å². The van der Waals surface area contributed by atoms with Gasteiger partial charge in [-0.25, -0.2) is 0 Å². The second kappa shape index (κ2) is 30.0. The molecule has 2 aliphatic rings. The van der Waals surface area contributed by atoms with Gasteiger partial charge in [0.15, 0.2) is 0 Å². The summed E-state index contributed by atoms with van der Waals surface area (Å²) in [4.78, 5) is 0. The molecule has 0 aromatic rings. The van der Waals surface area contributed by atoms with Gasteiger partial charge in [-0.15, -0.1) is 0 Å². The zero-order valence-electron chi connectivity index (χ0n) is 32.5. The van der Waals surface area contributed by atoms with Crippen LogP contribution in [-0.2, 0) is 155 Å². The Kier molecular flexibility index (Phi) is 38.1. The van der Waals surface area contributed by atoms with Crippen LogP contribution in [0.1, 0.15) is 122 Å². The van der Waals surface area contributed by atoms with Gasteiger partial charge in [-0.1, -0.05) is 134 Å². The molecule has 292 valence electrons. The van der Waals surface area contributed by atoms with Gasteiger partial charge in [0.1, 0.15) is 20.4 Å². The van der Waals surface area contributed by atoms with Crippen LogP contribution in [0.3, 0.4) is 0 Å².